The molecule has 1 aromatic heterocycles. The van der Waals surface area contributed by atoms with E-state index in [1.165, 1.54) is 24.3 Å². The molecule has 0 bridgehead atoms. The summed E-state index contributed by atoms with van der Waals surface area (Å²) in [5.74, 6) is -2.84. The van der Waals surface area contributed by atoms with Crippen LogP contribution in [-0.4, -0.2) is 19.3 Å². The van der Waals surface area contributed by atoms with Gasteiger partial charge in [0.25, 0.3) is 5.92 Å². The monoisotopic (exact) mass is 412 g/mol. The van der Waals surface area contributed by atoms with Crippen LogP contribution in [0.5, 0.6) is 0 Å². The molecule has 2 aromatic carbocycles. The van der Waals surface area contributed by atoms with Crippen molar-refractivity contribution in [3.05, 3.63) is 84.1 Å². The van der Waals surface area contributed by atoms with E-state index in [0.717, 1.165) is 11.3 Å². The Morgan fingerprint density at radius 1 is 0.793 bits per heavy atom. The van der Waals surface area contributed by atoms with E-state index in [1.807, 2.05) is 42.5 Å². The van der Waals surface area contributed by atoms with E-state index in [2.05, 4.69) is 4.98 Å². The molecular weight excluding hydrogens is 394 g/mol. The second-order valence-corrected chi connectivity index (χ2v) is 8.59. The van der Waals surface area contributed by atoms with Crippen LogP contribution in [0.25, 0.3) is 22.4 Å². The first-order valence-corrected chi connectivity index (χ1v) is 10.5. The van der Waals surface area contributed by atoms with Crippen LogP contribution in [0.3, 0.4) is 0 Å². The molecule has 0 atom stereocenters. The molecule has 0 unspecified atom stereocenters. The second-order valence-electron chi connectivity index (χ2n) is 7.03. The van der Waals surface area contributed by atoms with Gasteiger partial charge in [-0.15, -0.1) is 0 Å². The normalized spacial score (nSPS) is 16.2. The van der Waals surface area contributed by atoms with Gasteiger partial charge in [-0.05, 0) is 46.5 Å². The number of hydrogen-bond acceptors (Lipinski definition) is 3. The number of benzene rings is 2. The zero-order valence-electron chi connectivity index (χ0n) is 15.3. The number of allylic oxidation sites excluding steroid dienone is 2. The zero-order valence-corrected chi connectivity index (χ0v) is 16.2. The molecule has 0 fully saturated rings. The Morgan fingerprint density at radius 3 is 1.79 bits per heavy atom. The predicted octanol–water partition coefficient (Wildman–Crippen LogP) is 4.74. The molecule has 0 saturated carbocycles. The van der Waals surface area contributed by atoms with Crippen LogP contribution >= 0.6 is 0 Å². The minimum atomic E-state index is -3.83. The number of nitrogens with zero attached hydrogens (tertiary/aromatic N) is 1. The summed E-state index contributed by atoms with van der Waals surface area (Å²) in [6.07, 6.45) is 0.952. The van der Waals surface area contributed by atoms with E-state index < -0.39 is 15.9 Å². The van der Waals surface area contributed by atoms with Gasteiger partial charge in [0.2, 0.25) is 10.0 Å². The van der Waals surface area contributed by atoms with Crippen LogP contribution in [-0.2, 0) is 10.0 Å². The van der Waals surface area contributed by atoms with Crippen LogP contribution in [0, 0.1) is 0 Å². The molecule has 1 heterocycles. The molecule has 1 aliphatic rings. The Bertz CT molecular complexity index is 1170. The van der Waals surface area contributed by atoms with Crippen molar-refractivity contribution >= 4 is 21.2 Å². The first-order valence-electron chi connectivity index (χ1n) is 8.98. The maximum absolute atomic E-state index is 14.3. The summed E-state index contributed by atoms with van der Waals surface area (Å²) in [5, 5.41) is 5.12. The third kappa shape index (κ3) is 4.11. The summed E-state index contributed by atoms with van der Waals surface area (Å²) < 4.78 is 51.4. The van der Waals surface area contributed by atoms with E-state index in [1.54, 1.807) is 6.20 Å². The molecule has 0 aliphatic heterocycles. The highest BCUT2D eigenvalue weighted by Crippen LogP contribution is 2.48. The fourth-order valence-electron chi connectivity index (χ4n) is 3.57. The maximum atomic E-state index is 14.3. The van der Waals surface area contributed by atoms with Gasteiger partial charge in [-0.1, -0.05) is 42.5 Å². The first-order chi connectivity index (χ1) is 13.7. The summed E-state index contributed by atoms with van der Waals surface area (Å²) in [5.41, 5.74) is 4.07. The number of aromatic nitrogens is 1. The van der Waals surface area contributed by atoms with Gasteiger partial charge in [0.05, 0.1) is 10.6 Å². The minimum Gasteiger partial charge on any atom is -0.256 e. The molecule has 148 valence electrons. The summed E-state index contributed by atoms with van der Waals surface area (Å²) in [6, 6.07) is 18.7. The van der Waals surface area contributed by atoms with Gasteiger partial charge in [0.15, 0.2) is 0 Å². The lowest BCUT2D eigenvalue weighted by Gasteiger charge is -2.09. The van der Waals surface area contributed by atoms with Crippen molar-refractivity contribution in [2.45, 2.75) is 23.7 Å². The zero-order chi connectivity index (χ0) is 20.6. The van der Waals surface area contributed by atoms with Crippen molar-refractivity contribution in [2.24, 2.45) is 5.14 Å². The number of halogens is 2. The Hall–Kier alpha value is -2.90. The summed E-state index contributed by atoms with van der Waals surface area (Å²) in [4.78, 5) is 4.25. The van der Waals surface area contributed by atoms with Gasteiger partial charge in [0.1, 0.15) is 0 Å². The summed E-state index contributed by atoms with van der Waals surface area (Å²) in [6.45, 7) is 0. The average Bonchev–Trinajstić information content (AvgIpc) is 3.04. The number of sulfonamides is 1. The van der Waals surface area contributed by atoms with E-state index in [-0.39, 0.29) is 17.7 Å². The third-order valence-electron chi connectivity index (χ3n) is 4.96. The van der Waals surface area contributed by atoms with Crippen molar-refractivity contribution in [3.63, 3.8) is 0 Å². The van der Waals surface area contributed by atoms with Crippen molar-refractivity contribution < 1.29 is 17.2 Å². The molecular formula is C22H18F2N2O2S. The topological polar surface area (TPSA) is 73.1 Å². The van der Waals surface area contributed by atoms with Crippen LogP contribution in [0.4, 0.5) is 8.78 Å². The van der Waals surface area contributed by atoms with E-state index in [4.69, 9.17) is 5.14 Å². The largest absolute Gasteiger partial charge is 0.256 e. The van der Waals surface area contributed by atoms with Gasteiger partial charge in [0, 0.05) is 24.6 Å². The smallest absolute Gasteiger partial charge is 0.256 e. The molecule has 0 spiro atoms. The number of nitrogens with two attached hydrogens (primary N) is 1. The van der Waals surface area contributed by atoms with Crippen molar-refractivity contribution in [1.29, 1.82) is 0 Å². The Labute approximate surface area is 167 Å². The third-order valence-corrected chi connectivity index (χ3v) is 5.89. The molecule has 29 heavy (non-hydrogen) atoms. The molecule has 4 rings (SSSR count). The van der Waals surface area contributed by atoms with Gasteiger partial charge in [-0.3, -0.25) is 4.98 Å². The standard InChI is InChI=1S/C22H18F2N2O2S/c23-22(24)13-19(15-4-6-17(7-5-15)21-3-1-2-12-26-21)20(14-22)16-8-10-18(11-9-16)29(25,27)28/h1-12H,13-14H2,(H2,25,27,28). The van der Waals surface area contributed by atoms with Crippen molar-refractivity contribution in [3.8, 4) is 11.3 Å². The van der Waals surface area contributed by atoms with Crippen LogP contribution in [0.15, 0.2) is 77.8 Å². The first kappa shape index (κ1) is 19.4. The highest BCUT2D eigenvalue weighted by Gasteiger charge is 2.39. The lowest BCUT2D eigenvalue weighted by molar-refractivity contribution is 0.0187. The molecule has 4 nitrogen and oxygen atoms in total. The second kappa shape index (κ2) is 7.17. The number of primary sulfonamides is 1. The summed E-state index contributed by atoms with van der Waals surface area (Å²) in [7, 11) is -3.83. The van der Waals surface area contributed by atoms with Gasteiger partial charge >= 0.3 is 0 Å². The van der Waals surface area contributed by atoms with Crippen molar-refractivity contribution in [2.75, 3.05) is 0 Å². The number of pyridine rings is 1. The molecule has 7 heteroatoms. The van der Waals surface area contributed by atoms with E-state index in [9.17, 15) is 17.2 Å². The highest BCUT2D eigenvalue weighted by molar-refractivity contribution is 7.89. The highest BCUT2D eigenvalue weighted by atomic mass is 32.2. The molecule has 3 aromatic rings. The number of hydrogen-bond donors (Lipinski definition) is 1. The average molecular weight is 412 g/mol. The summed E-state index contributed by atoms with van der Waals surface area (Å²) >= 11 is 0. The SMILES string of the molecule is NS(=O)(=O)c1ccc(C2=C(c3ccc(-c4ccccn4)cc3)CC(F)(F)C2)cc1. The molecule has 0 radical (unpaired) electrons. The maximum Gasteiger partial charge on any atom is 0.256 e. The molecule has 0 saturated heterocycles. The lowest BCUT2D eigenvalue weighted by atomic mass is 9.96. The fourth-order valence-corrected chi connectivity index (χ4v) is 4.08. The Balaban J connectivity index is 1.73. The number of rotatable bonds is 4. The van der Waals surface area contributed by atoms with E-state index in [0.29, 0.717) is 22.3 Å². The molecule has 1 aliphatic carbocycles. The quantitative estimate of drug-likeness (QED) is 0.673. The lowest BCUT2D eigenvalue weighted by Crippen LogP contribution is -2.12. The Morgan fingerprint density at radius 2 is 1.31 bits per heavy atom. The van der Waals surface area contributed by atoms with Crippen LogP contribution in [0.2, 0.25) is 0 Å². The molecule has 0 amide bonds. The van der Waals surface area contributed by atoms with Crippen LogP contribution in [0.1, 0.15) is 24.0 Å². The fraction of sp³-hybridized carbons (Fsp3) is 0.136. The van der Waals surface area contributed by atoms with Gasteiger partial charge in [-0.25, -0.2) is 22.3 Å². The predicted molar refractivity (Wildman–Crippen MR) is 108 cm³/mol. The number of alkyl halides is 2. The van der Waals surface area contributed by atoms with Gasteiger partial charge < -0.3 is 0 Å². The van der Waals surface area contributed by atoms with E-state index >= 15 is 0 Å². The van der Waals surface area contributed by atoms with Gasteiger partial charge in [-0.2, -0.15) is 0 Å². The van der Waals surface area contributed by atoms with Crippen LogP contribution < -0.4 is 5.14 Å². The Kier molecular flexibility index (Phi) is 4.80. The minimum absolute atomic E-state index is 0.0483. The molecule has 2 N–H and O–H groups in total. The van der Waals surface area contributed by atoms with Crippen molar-refractivity contribution in [1.82, 2.24) is 4.98 Å².